The number of hydrogen-bond donors (Lipinski definition) is 1. The highest BCUT2D eigenvalue weighted by atomic mass is 79.9. The molecule has 166 valence electrons. The van der Waals surface area contributed by atoms with Crippen LogP contribution in [0.1, 0.15) is 58.9 Å². The molecule has 0 aliphatic carbocycles. The lowest BCUT2D eigenvalue weighted by Gasteiger charge is -2.24. The maximum absolute atomic E-state index is 12.1. The summed E-state index contributed by atoms with van der Waals surface area (Å²) in [6.07, 6.45) is -0.694. The van der Waals surface area contributed by atoms with Gasteiger partial charge in [0.15, 0.2) is 16.5 Å². The number of carboxylic acids is 1. The lowest BCUT2D eigenvalue weighted by molar-refractivity contribution is 0.0685. The van der Waals surface area contributed by atoms with Crippen LogP contribution in [0, 0.1) is 13.8 Å². The molecule has 8 nitrogen and oxygen atoms in total. The van der Waals surface area contributed by atoms with Crippen LogP contribution in [0.25, 0.3) is 11.0 Å². The largest absolute Gasteiger partial charge is 0.479 e. The van der Waals surface area contributed by atoms with Crippen molar-refractivity contribution in [2.45, 2.75) is 39.8 Å². The van der Waals surface area contributed by atoms with E-state index in [9.17, 15) is 9.90 Å². The van der Waals surface area contributed by atoms with Gasteiger partial charge in [0.25, 0.3) is 0 Å². The minimum atomic E-state index is -1.11. The predicted octanol–water partition coefficient (Wildman–Crippen LogP) is 4.99. The Balaban J connectivity index is 1.93. The maximum Gasteiger partial charge on any atom is 0.356 e. The molecule has 0 saturated carbocycles. The average molecular weight is 498 g/mol. The minimum Gasteiger partial charge on any atom is -0.479 e. The van der Waals surface area contributed by atoms with Crippen molar-refractivity contribution in [3.05, 3.63) is 69.2 Å². The number of carbonyl (C=O) groups is 1. The van der Waals surface area contributed by atoms with E-state index in [4.69, 9.17) is 4.74 Å². The highest BCUT2D eigenvalue weighted by Crippen LogP contribution is 2.36. The summed E-state index contributed by atoms with van der Waals surface area (Å²) in [7, 11) is 1.82. The Morgan fingerprint density at radius 1 is 1.16 bits per heavy atom. The molecule has 32 heavy (non-hydrogen) atoms. The highest BCUT2D eigenvalue weighted by molar-refractivity contribution is 9.10. The average Bonchev–Trinajstić information content (AvgIpc) is 3.27. The summed E-state index contributed by atoms with van der Waals surface area (Å²) in [6, 6.07) is 11.6. The van der Waals surface area contributed by atoms with E-state index in [1.807, 2.05) is 75.7 Å². The third-order valence-corrected chi connectivity index (χ3v) is 5.95. The van der Waals surface area contributed by atoms with Gasteiger partial charge in [-0.05, 0) is 60.8 Å². The van der Waals surface area contributed by atoms with Gasteiger partial charge in [-0.3, -0.25) is 0 Å². The first-order valence-corrected chi connectivity index (χ1v) is 11.0. The van der Waals surface area contributed by atoms with Crippen molar-refractivity contribution < 1.29 is 14.6 Å². The molecule has 2 aromatic carbocycles. The second-order valence-electron chi connectivity index (χ2n) is 8.11. The van der Waals surface area contributed by atoms with Crippen LogP contribution in [0.5, 0.6) is 5.75 Å². The van der Waals surface area contributed by atoms with Crippen molar-refractivity contribution in [3.8, 4) is 5.75 Å². The summed E-state index contributed by atoms with van der Waals surface area (Å²) >= 11 is 3.44. The van der Waals surface area contributed by atoms with Crippen molar-refractivity contribution in [2.75, 3.05) is 0 Å². The zero-order valence-electron chi connectivity index (χ0n) is 18.5. The molecule has 0 bridgehead atoms. The molecule has 2 heterocycles. The van der Waals surface area contributed by atoms with E-state index in [0.717, 1.165) is 27.7 Å². The molecule has 4 aromatic rings. The van der Waals surface area contributed by atoms with Crippen molar-refractivity contribution in [1.29, 1.82) is 0 Å². The molecule has 0 fully saturated rings. The zero-order chi connectivity index (χ0) is 23.2. The second-order valence-corrected chi connectivity index (χ2v) is 8.82. The van der Waals surface area contributed by atoms with Gasteiger partial charge in [0, 0.05) is 19.2 Å². The van der Waals surface area contributed by atoms with E-state index in [0.29, 0.717) is 16.2 Å². The van der Waals surface area contributed by atoms with Crippen LogP contribution < -0.4 is 4.74 Å². The lowest BCUT2D eigenvalue weighted by Crippen LogP contribution is -2.19. The van der Waals surface area contributed by atoms with Gasteiger partial charge in [-0.1, -0.05) is 35.0 Å². The predicted molar refractivity (Wildman–Crippen MR) is 124 cm³/mol. The third kappa shape index (κ3) is 3.88. The molecule has 4 rings (SSSR count). The molecule has 1 unspecified atom stereocenters. The number of aromatic carboxylic acids is 1. The molecular formula is C23H24BrN5O3. The fraction of sp³-hybridized carbons (Fsp3) is 0.304. The third-order valence-electron chi connectivity index (χ3n) is 5.39. The molecule has 9 heteroatoms. The van der Waals surface area contributed by atoms with Crippen molar-refractivity contribution in [2.24, 2.45) is 7.05 Å². The molecular weight excluding hydrogens is 474 g/mol. The smallest absolute Gasteiger partial charge is 0.356 e. The van der Waals surface area contributed by atoms with Gasteiger partial charge >= 0.3 is 5.97 Å². The van der Waals surface area contributed by atoms with Crippen LogP contribution in [0.15, 0.2) is 41.1 Å². The Bertz CT molecular complexity index is 1310. The zero-order valence-corrected chi connectivity index (χ0v) is 20.1. The SMILES string of the molecule is Cc1ccc(C(Oc2cc(C)c3nnn(C)c3c2)c2c(C(=O)O)nc(Br)n2C(C)C)cc1. The number of nitrogens with zero attached hydrogens (tertiary/aromatic N) is 5. The van der Waals surface area contributed by atoms with E-state index < -0.39 is 12.1 Å². The summed E-state index contributed by atoms with van der Waals surface area (Å²) in [6.45, 7) is 7.91. The van der Waals surface area contributed by atoms with Crippen molar-refractivity contribution in [1.82, 2.24) is 24.5 Å². The Morgan fingerprint density at radius 3 is 2.47 bits per heavy atom. The van der Waals surface area contributed by atoms with Crippen molar-refractivity contribution >= 4 is 32.9 Å². The van der Waals surface area contributed by atoms with Gasteiger partial charge in [0.05, 0.1) is 11.2 Å². The van der Waals surface area contributed by atoms with E-state index in [1.165, 1.54) is 0 Å². The normalized spacial score (nSPS) is 12.5. The van der Waals surface area contributed by atoms with E-state index in [1.54, 1.807) is 4.68 Å². The Kier molecular flexibility index (Phi) is 5.77. The summed E-state index contributed by atoms with van der Waals surface area (Å²) in [5.74, 6) is -0.516. The molecule has 0 amide bonds. The van der Waals surface area contributed by atoms with Crippen LogP contribution in [0.2, 0.25) is 0 Å². The molecule has 1 atom stereocenters. The van der Waals surface area contributed by atoms with Crippen LogP contribution in [0.3, 0.4) is 0 Å². The number of hydrogen-bond acceptors (Lipinski definition) is 5. The first-order chi connectivity index (χ1) is 15.2. The number of halogens is 1. The van der Waals surface area contributed by atoms with E-state index in [-0.39, 0.29) is 11.7 Å². The van der Waals surface area contributed by atoms with Crippen LogP contribution in [0.4, 0.5) is 0 Å². The fourth-order valence-corrected chi connectivity index (χ4v) is 4.59. The van der Waals surface area contributed by atoms with Crippen LogP contribution >= 0.6 is 15.9 Å². The molecule has 2 aromatic heterocycles. The number of fused-ring (bicyclic) bond motifs is 1. The Hall–Kier alpha value is -3.20. The molecule has 0 aliphatic rings. The maximum atomic E-state index is 12.1. The number of carboxylic acid groups (broad SMARTS) is 1. The molecule has 0 spiro atoms. The van der Waals surface area contributed by atoms with E-state index in [2.05, 4.69) is 31.2 Å². The highest BCUT2D eigenvalue weighted by Gasteiger charge is 2.31. The standard InChI is InChI=1S/C23H24BrN5O3/c1-12(2)29-20(19(22(30)31)25-23(29)24)21(15-8-6-13(3)7-9-15)32-16-10-14(4)18-17(11-16)28(5)27-26-18/h6-12,21H,1-5H3,(H,30,31). The molecule has 0 radical (unpaired) electrons. The number of rotatable bonds is 6. The summed E-state index contributed by atoms with van der Waals surface area (Å²) in [5, 5.41) is 18.2. The monoisotopic (exact) mass is 497 g/mol. The summed E-state index contributed by atoms with van der Waals surface area (Å²) in [4.78, 5) is 16.4. The molecule has 0 aliphatic heterocycles. The number of aryl methyl sites for hydroxylation is 3. The van der Waals surface area contributed by atoms with Gasteiger partial charge in [0.2, 0.25) is 0 Å². The summed E-state index contributed by atoms with van der Waals surface area (Å²) < 4.78 is 10.5. The lowest BCUT2D eigenvalue weighted by atomic mass is 10.0. The number of imidazole rings is 1. The molecule has 0 saturated heterocycles. The van der Waals surface area contributed by atoms with Crippen LogP contribution in [-0.2, 0) is 7.05 Å². The Morgan fingerprint density at radius 2 is 1.84 bits per heavy atom. The van der Waals surface area contributed by atoms with Gasteiger partial charge < -0.3 is 14.4 Å². The molecule has 1 N–H and O–H groups in total. The first-order valence-electron chi connectivity index (χ1n) is 10.2. The minimum absolute atomic E-state index is 0.0398. The summed E-state index contributed by atoms with van der Waals surface area (Å²) in [5.41, 5.74) is 4.91. The number of ether oxygens (including phenoxy) is 1. The van der Waals surface area contributed by atoms with Crippen molar-refractivity contribution in [3.63, 3.8) is 0 Å². The fourth-order valence-electron chi connectivity index (χ4n) is 3.81. The van der Waals surface area contributed by atoms with Gasteiger partial charge in [0.1, 0.15) is 11.3 Å². The Labute approximate surface area is 194 Å². The van der Waals surface area contributed by atoms with Gasteiger partial charge in [-0.2, -0.15) is 0 Å². The number of aromatic nitrogens is 5. The van der Waals surface area contributed by atoms with Crippen LogP contribution in [-0.4, -0.2) is 35.6 Å². The van der Waals surface area contributed by atoms with Gasteiger partial charge in [-0.15, -0.1) is 5.10 Å². The first kappa shape index (κ1) is 22.0. The van der Waals surface area contributed by atoms with Gasteiger partial charge in [-0.25, -0.2) is 14.5 Å². The quantitative estimate of drug-likeness (QED) is 0.403. The van der Waals surface area contributed by atoms with E-state index >= 15 is 0 Å². The topological polar surface area (TPSA) is 95.1 Å². The number of benzene rings is 2. The second kappa shape index (κ2) is 8.38.